The highest BCUT2D eigenvalue weighted by molar-refractivity contribution is 5.76. The normalized spacial score (nSPS) is 44.3. The first-order chi connectivity index (χ1) is 20.3. The van der Waals surface area contributed by atoms with Crippen molar-refractivity contribution in [2.45, 2.75) is 139 Å². The van der Waals surface area contributed by atoms with Crippen LogP contribution in [0.4, 0.5) is 0 Å². The molecule has 44 heavy (non-hydrogen) atoms. The van der Waals surface area contributed by atoms with Crippen LogP contribution in [0.15, 0.2) is 12.2 Å². The molecular weight excluding hydrogens is 552 g/mol. The highest BCUT2D eigenvalue weighted by Crippen LogP contribution is 2.77. The maximum Gasteiger partial charge on any atom is 0.309 e. The molecule has 0 radical (unpaired) electrons. The van der Waals surface area contributed by atoms with Crippen LogP contribution >= 0.6 is 0 Å². The number of carboxylic acid groups (broad SMARTS) is 1. The Labute approximate surface area is 266 Å². The van der Waals surface area contributed by atoms with Gasteiger partial charge < -0.3 is 14.6 Å². The van der Waals surface area contributed by atoms with Gasteiger partial charge >= 0.3 is 17.9 Å². The van der Waals surface area contributed by atoms with E-state index in [1.165, 1.54) is 12.7 Å². The number of hydrogen-bond donors (Lipinski definition) is 1. The largest absolute Gasteiger partial charge is 0.481 e. The Kier molecular flexibility index (Phi) is 8.27. The van der Waals surface area contributed by atoms with E-state index in [-0.39, 0.29) is 58.5 Å². The lowest BCUT2D eigenvalue weighted by Crippen LogP contribution is -2.67. The third-order valence-electron chi connectivity index (χ3n) is 15.2. The van der Waals surface area contributed by atoms with Gasteiger partial charge in [-0.3, -0.25) is 14.4 Å². The third kappa shape index (κ3) is 4.81. The lowest BCUT2D eigenvalue weighted by Gasteiger charge is -2.72. The molecule has 0 spiro atoms. The van der Waals surface area contributed by atoms with Crippen LogP contribution in [0.2, 0.25) is 0 Å². The fourth-order valence-electron chi connectivity index (χ4n) is 12.8. The fourth-order valence-corrected chi connectivity index (χ4v) is 12.8. The summed E-state index contributed by atoms with van der Waals surface area (Å²) >= 11 is 0. The number of esters is 2. The summed E-state index contributed by atoms with van der Waals surface area (Å²) in [5.74, 6) is 0.822. The summed E-state index contributed by atoms with van der Waals surface area (Å²) in [7, 11) is 1.38. The summed E-state index contributed by atoms with van der Waals surface area (Å²) in [4.78, 5) is 38.0. The Morgan fingerprint density at radius 2 is 1.48 bits per heavy atom. The Bertz CT molecular complexity index is 1200. The predicted molar refractivity (Wildman–Crippen MR) is 172 cm³/mol. The number of carbonyl (C=O) groups is 3. The number of rotatable bonds is 7. The van der Waals surface area contributed by atoms with Crippen LogP contribution in [0.3, 0.4) is 0 Å². The van der Waals surface area contributed by atoms with Crippen molar-refractivity contribution in [1.29, 1.82) is 0 Å². The van der Waals surface area contributed by atoms with Crippen molar-refractivity contribution in [3.8, 4) is 0 Å². The number of carbonyl (C=O) groups excluding carboxylic acids is 2. The molecule has 5 saturated carbocycles. The van der Waals surface area contributed by atoms with Gasteiger partial charge in [-0.05, 0) is 122 Å². The predicted octanol–water partition coefficient (Wildman–Crippen LogP) is 8.62. The van der Waals surface area contributed by atoms with Crippen molar-refractivity contribution in [3.05, 3.63) is 12.2 Å². The van der Waals surface area contributed by atoms with E-state index in [0.29, 0.717) is 23.7 Å². The van der Waals surface area contributed by atoms with Crippen LogP contribution < -0.4 is 0 Å². The molecule has 5 rings (SSSR count). The zero-order valence-corrected chi connectivity index (χ0v) is 29.1. The van der Waals surface area contributed by atoms with E-state index < -0.39 is 16.8 Å². The number of carboxylic acids is 1. The van der Waals surface area contributed by atoms with E-state index in [4.69, 9.17) is 9.47 Å². The van der Waals surface area contributed by atoms with E-state index in [1.807, 2.05) is 13.8 Å². The first-order valence-corrected chi connectivity index (χ1v) is 17.4. The van der Waals surface area contributed by atoms with Gasteiger partial charge in [-0.1, -0.05) is 60.6 Å². The van der Waals surface area contributed by atoms with Gasteiger partial charge in [-0.15, -0.1) is 0 Å². The Morgan fingerprint density at radius 1 is 0.818 bits per heavy atom. The first-order valence-electron chi connectivity index (χ1n) is 17.4. The average Bonchev–Trinajstić information content (AvgIpc) is 3.31. The molecule has 0 aromatic carbocycles. The van der Waals surface area contributed by atoms with Crippen molar-refractivity contribution in [2.75, 3.05) is 7.11 Å². The van der Waals surface area contributed by atoms with Crippen molar-refractivity contribution in [2.24, 2.45) is 62.1 Å². The lowest BCUT2D eigenvalue weighted by atomic mass is 9.32. The summed E-state index contributed by atoms with van der Waals surface area (Å²) in [6.07, 6.45) is 10.2. The number of hydrogen-bond acceptors (Lipinski definition) is 5. The molecule has 0 aromatic heterocycles. The van der Waals surface area contributed by atoms with Gasteiger partial charge in [0.15, 0.2) is 0 Å². The zero-order chi connectivity index (χ0) is 32.7. The maximum absolute atomic E-state index is 13.2. The van der Waals surface area contributed by atoms with Crippen LogP contribution in [0.1, 0.15) is 132 Å². The van der Waals surface area contributed by atoms with Crippen molar-refractivity contribution < 1.29 is 29.0 Å². The SMILES string of the molecule is C=C(C)[C@@H]1CC[C@]2(C(=O)O)CC[C@]3(C)C(CCC4C5(C)CC[C@H](OC(=O)CC(C)(C)CC(=O)OC)C(C)(C)C5CC[C@]43C)C12. The lowest BCUT2D eigenvalue weighted by molar-refractivity contribution is -0.250. The molecule has 6 heteroatoms. The van der Waals surface area contributed by atoms with Crippen molar-refractivity contribution in [1.82, 2.24) is 0 Å². The molecular formula is C38H60O6. The molecule has 0 saturated heterocycles. The molecule has 5 aliphatic carbocycles. The Balaban J connectivity index is 1.38. The Morgan fingerprint density at radius 3 is 2.09 bits per heavy atom. The second kappa shape index (κ2) is 10.9. The van der Waals surface area contributed by atoms with E-state index in [1.54, 1.807) is 0 Å². The minimum Gasteiger partial charge on any atom is -0.481 e. The number of allylic oxidation sites excluding steroid dienone is 1. The summed E-state index contributed by atoms with van der Waals surface area (Å²) in [6, 6.07) is 0. The number of aliphatic carboxylic acids is 1. The minimum absolute atomic E-state index is 0.101. The summed E-state index contributed by atoms with van der Waals surface area (Å²) in [6.45, 7) is 22.6. The molecule has 5 unspecified atom stereocenters. The topological polar surface area (TPSA) is 89.9 Å². The van der Waals surface area contributed by atoms with Gasteiger partial charge in [0, 0.05) is 5.41 Å². The van der Waals surface area contributed by atoms with Gasteiger partial charge in [-0.25, -0.2) is 0 Å². The highest BCUT2D eigenvalue weighted by Gasteiger charge is 2.72. The molecule has 1 N–H and O–H groups in total. The standard InChI is InChI=1S/C38H60O6/c1-23(2)24-13-18-38(32(41)42)20-19-36(8)25(31(24)38)11-12-27-35(7)16-15-28(34(5,6)26(35)14-17-37(27,36)9)44-30(40)22-33(3,4)21-29(39)43-10/h24-28,31H,1,11-22H2,2-10H3,(H,41,42)/t24-,25?,26?,27?,28-,31?,35?,36+,37+,38-/m0/s1. The third-order valence-corrected chi connectivity index (χ3v) is 15.2. The smallest absolute Gasteiger partial charge is 0.309 e. The van der Waals surface area contributed by atoms with Crippen LogP contribution in [0.25, 0.3) is 0 Å². The second-order valence-electron chi connectivity index (χ2n) is 18.1. The Hall–Kier alpha value is -1.85. The second-order valence-corrected chi connectivity index (χ2v) is 18.1. The zero-order valence-electron chi connectivity index (χ0n) is 29.1. The molecule has 0 heterocycles. The highest BCUT2D eigenvalue weighted by atomic mass is 16.5. The maximum atomic E-state index is 13.2. The number of fused-ring (bicyclic) bond motifs is 7. The van der Waals surface area contributed by atoms with E-state index in [0.717, 1.165) is 64.2 Å². The van der Waals surface area contributed by atoms with Crippen LogP contribution in [-0.4, -0.2) is 36.2 Å². The van der Waals surface area contributed by atoms with Crippen molar-refractivity contribution in [3.63, 3.8) is 0 Å². The molecule has 6 nitrogen and oxygen atoms in total. The molecule has 0 aliphatic heterocycles. The van der Waals surface area contributed by atoms with Gasteiger partial charge in [0.1, 0.15) is 6.10 Å². The van der Waals surface area contributed by atoms with E-state index >= 15 is 0 Å². The molecule has 5 aliphatic rings. The molecule has 248 valence electrons. The van der Waals surface area contributed by atoms with Crippen LogP contribution in [0, 0.1) is 62.1 Å². The number of methoxy groups -OCH3 is 1. The first kappa shape index (κ1) is 33.5. The molecule has 0 amide bonds. The van der Waals surface area contributed by atoms with Crippen LogP contribution in [0.5, 0.6) is 0 Å². The van der Waals surface area contributed by atoms with Gasteiger partial charge in [0.25, 0.3) is 0 Å². The van der Waals surface area contributed by atoms with E-state index in [9.17, 15) is 19.5 Å². The molecule has 5 fully saturated rings. The molecule has 10 atom stereocenters. The quantitative estimate of drug-likeness (QED) is 0.229. The molecule has 0 bridgehead atoms. The number of ether oxygens (including phenoxy) is 2. The fraction of sp³-hybridized carbons (Fsp3) is 0.868. The van der Waals surface area contributed by atoms with Gasteiger partial charge in [0.05, 0.1) is 25.4 Å². The van der Waals surface area contributed by atoms with Crippen molar-refractivity contribution >= 4 is 17.9 Å². The monoisotopic (exact) mass is 612 g/mol. The minimum atomic E-state index is -0.590. The summed E-state index contributed by atoms with van der Waals surface area (Å²) < 4.78 is 11.1. The molecule has 0 aromatic rings. The summed E-state index contributed by atoms with van der Waals surface area (Å²) in [5.41, 5.74) is 0.300. The van der Waals surface area contributed by atoms with Crippen LogP contribution in [-0.2, 0) is 23.9 Å². The summed E-state index contributed by atoms with van der Waals surface area (Å²) in [5, 5.41) is 10.6. The van der Waals surface area contributed by atoms with E-state index in [2.05, 4.69) is 48.1 Å². The average molecular weight is 613 g/mol. The van der Waals surface area contributed by atoms with Gasteiger partial charge in [0.2, 0.25) is 0 Å². The van der Waals surface area contributed by atoms with Gasteiger partial charge in [-0.2, -0.15) is 0 Å².